The molecule has 1 rings (SSSR count). The van der Waals surface area contributed by atoms with Crippen LogP contribution in [0.2, 0.25) is 0 Å². The molecule has 90 valence electrons. The van der Waals surface area contributed by atoms with Gasteiger partial charge in [0.1, 0.15) is 16.3 Å². The number of nitriles is 1. The first-order valence-electron chi connectivity index (χ1n) is 3.93. The minimum atomic E-state index is -4.53. The molecular formula is C8H4F2N2O4S. The van der Waals surface area contributed by atoms with Crippen molar-refractivity contribution < 1.29 is 27.1 Å². The van der Waals surface area contributed by atoms with Gasteiger partial charge in [-0.3, -0.25) is 0 Å². The second-order valence-electron chi connectivity index (χ2n) is 2.76. The van der Waals surface area contributed by atoms with E-state index < -0.39 is 38.1 Å². The molecule has 2 N–H and O–H groups in total. The molecule has 1 aromatic rings. The number of sulfonamides is 1. The third-order valence-corrected chi connectivity index (χ3v) is 2.99. The predicted molar refractivity (Wildman–Crippen MR) is 49.3 cm³/mol. The zero-order valence-corrected chi connectivity index (χ0v) is 8.75. The smallest absolute Gasteiger partial charge is 0.341 e. The molecule has 1 aromatic carbocycles. The number of benzene rings is 1. The number of nitrogens with zero attached hydrogens (tertiary/aromatic N) is 1. The van der Waals surface area contributed by atoms with Crippen LogP contribution in [0.5, 0.6) is 0 Å². The van der Waals surface area contributed by atoms with Gasteiger partial charge < -0.3 is 5.11 Å². The van der Waals surface area contributed by atoms with Gasteiger partial charge in [-0.15, -0.1) is 0 Å². The molecule has 0 aliphatic rings. The van der Waals surface area contributed by atoms with Gasteiger partial charge in [0.05, 0.1) is 0 Å². The van der Waals surface area contributed by atoms with Gasteiger partial charge in [0.2, 0.25) is 0 Å². The highest BCUT2D eigenvalue weighted by Gasteiger charge is 2.26. The molecule has 0 unspecified atom stereocenters. The molecule has 0 atom stereocenters. The van der Waals surface area contributed by atoms with Crippen molar-refractivity contribution in [3.05, 3.63) is 29.3 Å². The third-order valence-electron chi connectivity index (χ3n) is 1.74. The molecule has 0 saturated carbocycles. The number of hydrogen-bond donors (Lipinski definition) is 2. The van der Waals surface area contributed by atoms with Crippen LogP contribution < -0.4 is 4.72 Å². The fraction of sp³-hybridized carbons (Fsp3) is 0. The van der Waals surface area contributed by atoms with Gasteiger partial charge >= 0.3 is 5.97 Å². The number of carboxylic acids is 1. The second kappa shape index (κ2) is 4.34. The number of aromatic carboxylic acids is 1. The third kappa shape index (κ3) is 2.31. The van der Waals surface area contributed by atoms with Gasteiger partial charge in [-0.25, -0.2) is 26.7 Å². The van der Waals surface area contributed by atoms with Crippen molar-refractivity contribution in [2.24, 2.45) is 0 Å². The van der Waals surface area contributed by atoms with E-state index >= 15 is 0 Å². The number of carboxylic acid groups (broad SMARTS) is 1. The summed E-state index contributed by atoms with van der Waals surface area (Å²) in [6, 6.07) is 1.01. The maximum atomic E-state index is 13.5. The number of hydrogen-bond acceptors (Lipinski definition) is 4. The Bertz CT molecular complexity index is 621. The molecule has 0 aromatic heterocycles. The number of rotatable bonds is 3. The molecule has 17 heavy (non-hydrogen) atoms. The summed E-state index contributed by atoms with van der Waals surface area (Å²) >= 11 is 0. The van der Waals surface area contributed by atoms with Crippen LogP contribution >= 0.6 is 0 Å². The minimum Gasteiger partial charge on any atom is -0.477 e. The highest BCUT2D eigenvalue weighted by molar-refractivity contribution is 7.89. The summed E-state index contributed by atoms with van der Waals surface area (Å²) in [5.74, 6) is -5.12. The Morgan fingerprint density at radius 1 is 1.41 bits per heavy atom. The van der Waals surface area contributed by atoms with Gasteiger partial charge in [-0.1, -0.05) is 0 Å². The Hall–Kier alpha value is -2.21. The lowest BCUT2D eigenvalue weighted by Crippen LogP contribution is -2.21. The molecule has 0 spiro atoms. The Balaban J connectivity index is 3.56. The van der Waals surface area contributed by atoms with E-state index in [1.807, 2.05) is 0 Å². The lowest BCUT2D eigenvalue weighted by atomic mass is 10.2. The number of halogens is 2. The van der Waals surface area contributed by atoms with Crippen LogP contribution in [0.15, 0.2) is 17.0 Å². The maximum absolute atomic E-state index is 13.5. The van der Waals surface area contributed by atoms with Crippen LogP contribution in [0.3, 0.4) is 0 Å². The van der Waals surface area contributed by atoms with Gasteiger partial charge in [0.25, 0.3) is 10.0 Å². The summed E-state index contributed by atoms with van der Waals surface area (Å²) in [6.07, 6.45) is 1.05. The van der Waals surface area contributed by atoms with Crippen LogP contribution in [0.1, 0.15) is 10.4 Å². The Morgan fingerprint density at radius 3 is 2.47 bits per heavy atom. The first-order chi connectivity index (χ1) is 7.81. The summed E-state index contributed by atoms with van der Waals surface area (Å²) in [6.45, 7) is 0. The van der Waals surface area contributed by atoms with E-state index in [2.05, 4.69) is 0 Å². The van der Waals surface area contributed by atoms with E-state index in [0.29, 0.717) is 12.1 Å². The van der Waals surface area contributed by atoms with Crippen molar-refractivity contribution in [3.8, 4) is 6.19 Å². The van der Waals surface area contributed by atoms with Gasteiger partial charge in [-0.05, 0) is 12.1 Å². The van der Waals surface area contributed by atoms with Crippen LogP contribution in [-0.2, 0) is 10.0 Å². The number of nitrogens with one attached hydrogen (secondary N) is 1. The average Bonchev–Trinajstić information content (AvgIpc) is 2.15. The van der Waals surface area contributed by atoms with Gasteiger partial charge in [0, 0.05) is 0 Å². The molecule has 0 saturated heterocycles. The monoisotopic (exact) mass is 262 g/mol. The van der Waals surface area contributed by atoms with Crippen molar-refractivity contribution in [3.63, 3.8) is 0 Å². The summed E-state index contributed by atoms with van der Waals surface area (Å²) in [4.78, 5) is 9.41. The fourth-order valence-corrected chi connectivity index (χ4v) is 1.87. The zero-order chi connectivity index (χ0) is 13.2. The normalized spacial score (nSPS) is 10.6. The van der Waals surface area contributed by atoms with Crippen LogP contribution in [0.25, 0.3) is 0 Å². The topological polar surface area (TPSA) is 107 Å². The Kier molecular flexibility index (Phi) is 3.28. The van der Waals surface area contributed by atoms with Crippen molar-refractivity contribution in [1.29, 1.82) is 5.26 Å². The molecule has 0 amide bonds. The van der Waals surface area contributed by atoms with E-state index in [1.165, 1.54) is 4.72 Å². The molecular weight excluding hydrogens is 258 g/mol. The van der Waals surface area contributed by atoms with Crippen molar-refractivity contribution in [1.82, 2.24) is 4.72 Å². The Morgan fingerprint density at radius 2 is 2.00 bits per heavy atom. The SMILES string of the molecule is N#CNS(=O)(=O)c1ccc(F)c(C(=O)O)c1F. The summed E-state index contributed by atoms with van der Waals surface area (Å²) in [5, 5.41) is 16.6. The van der Waals surface area contributed by atoms with Crippen LogP contribution in [0.4, 0.5) is 8.78 Å². The molecule has 0 aliphatic heterocycles. The number of carbonyl (C=O) groups is 1. The van der Waals surface area contributed by atoms with Crippen LogP contribution in [-0.4, -0.2) is 19.5 Å². The van der Waals surface area contributed by atoms with E-state index in [4.69, 9.17) is 10.4 Å². The zero-order valence-electron chi connectivity index (χ0n) is 7.94. The first-order valence-corrected chi connectivity index (χ1v) is 5.41. The summed E-state index contributed by atoms with van der Waals surface area (Å²) in [5.41, 5.74) is -1.40. The molecule has 0 bridgehead atoms. The summed E-state index contributed by atoms with van der Waals surface area (Å²) < 4.78 is 50.2. The largest absolute Gasteiger partial charge is 0.477 e. The van der Waals surface area contributed by atoms with Gasteiger partial charge in [0.15, 0.2) is 12.0 Å². The molecule has 0 fully saturated rings. The van der Waals surface area contributed by atoms with Crippen molar-refractivity contribution in [2.75, 3.05) is 0 Å². The highest BCUT2D eigenvalue weighted by atomic mass is 32.2. The Labute approximate surface area is 94.2 Å². The van der Waals surface area contributed by atoms with E-state index in [9.17, 15) is 22.0 Å². The lowest BCUT2D eigenvalue weighted by molar-refractivity contribution is 0.0685. The molecule has 0 aliphatic carbocycles. The van der Waals surface area contributed by atoms with Gasteiger partial charge in [-0.2, -0.15) is 5.26 Å². The minimum absolute atomic E-state index is 0.485. The second-order valence-corrected chi connectivity index (χ2v) is 4.41. The lowest BCUT2D eigenvalue weighted by Gasteiger charge is -2.05. The summed E-state index contributed by atoms with van der Waals surface area (Å²) in [7, 11) is -4.53. The fourth-order valence-electron chi connectivity index (χ4n) is 1.05. The van der Waals surface area contributed by atoms with E-state index in [-0.39, 0.29) is 0 Å². The molecule has 9 heteroatoms. The highest BCUT2D eigenvalue weighted by Crippen LogP contribution is 2.20. The first kappa shape index (κ1) is 12.9. The molecule has 6 nitrogen and oxygen atoms in total. The predicted octanol–water partition coefficient (Wildman–Crippen LogP) is 0.422. The average molecular weight is 262 g/mol. The molecule has 0 radical (unpaired) electrons. The standard InChI is InChI=1S/C8H4F2N2O4S/c9-4-1-2-5(17(15,16)12-3-11)7(10)6(4)8(13)14/h1-2,12H,(H,13,14). The van der Waals surface area contributed by atoms with Crippen LogP contribution in [0, 0.1) is 23.1 Å². The van der Waals surface area contributed by atoms with Crippen molar-refractivity contribution in [2.45, 2.75) is 4.90 Å². The van der Waals surface area contributed by atoms with E-state index in [1.54, 1.807) is 0 Å². The van der Waals surface area contributed by atoms with Crippen molar-refractivity contribution >= 4 is 16.0 Å². The maximum Gasteiger partial charge on any atom is 0.341 e. The van der Waals surface area contributed by atoms with E-state index in [0.717, 1.165) is 6.19 Å². The quantitative estimate of drug-likeness (QED) is 0.606. The molecule has 0 heterocycles.